The van der Waals surface area contributed by atoms with Crippen LogP contribution in [-0.4, -0.2) is 37.2 Å². The number of carbonyl (C=O) groups excluding carboxylic acids is 1. The molecule has 134 valence electrons. The van der Waals surface area contributed by atoms with E-state index in [-0.39, 0.29) is 5.97 Å². The maximum absolute atomic E-state index is 11.7. The molecule has 2 nitrogen and oxygen atoms in total. The van der Waals surface area contributed by atoms with Crippen molar-refractivity contribution in [3.63, 3.8) is 0 Å². The Morgan fingerprint density at radius 2 is 1.23 bits per heavy atom. The second-order valence-electron chi connectivity index (χ2n) is 6.68. The number of rotatable bonds is 14. The van der Waals surface area contributed by atoms with Gasteiger partial charge in [-0.25, -0.2) is 0 Å². The van der Waals surface area contributed by atoms with Crippen LogP contribution in [0.1, 0.15) is 79.1 Å². The minimum atomic E-state index is -1.83. The van der Waals surface area contributed by atoms with E-state index in [2.05, 4.69) is 36.3 Å². The molecule has 0 aromatic heterocycles. The van der Waals surface area contributed by atoms with Crippen LogP contribution in [0.4, 0.5) is 0 Å². The van der Waals surface area contributed by atoms with Gasteiger partial charge in [-0.05, 0) is 0 Å². The first-order valence-corrected chi connectivity index (χ1v) is 14.3. The van der Waals surface area contributed by atoms with Crippen molar-refractivity contribution < 1.29 is 9.53 Å². The number of hydrogen-bond donors (Lipinski definition) is 0. The number of hydrogen-bond acceptors (Lipinski definition) is 2. The third kappa shape index (κ3) is 8.87. The van der Waals surface area contributed by atoms with E-state index in [1.54, 1.807) is 0 Å². The van der Waals surface area contributed by atoms with Gasteiger partial charge >= 0.3 is 147 Å². The van der Waals surface area contributed by atoms with Crippen molar-refractivity contribution in [2.75, 3.05) is 31.3 Å². The molecule has 0 aliphatic heterocycles. The summed E-state index contributed by atoms with van der Waals surface area (Å²) in [7, 11) is 0. The molecular weight excluding hydrogens is 359 g/mol. The number of ether oxygens (including phenoxy) is 1. The van der Waals surface area contributed by atoms with Gasteiger partial charge in [0.25, 0.3) is 0 Å². The molecule has 22 heavy (non-hydrogen) atoms. The van der Waals surface area contributed by atoms with Crippen molar-refractivity contribution in [3.05, 3.63) is 0 Å². The Labute approximate surface area is 146 Å². The Bertz CT molecular complexity index is 283. The van der Waals surface area contributed by atoms with Gasteiger partial charge in [-0.2, -0.15) is 0 Å². The quantitative estimate of drug-likeness (QED) is 0.244. The molecule has 0 fully saturated rings. The van der Waals surface area contributed by atoms with E-state index in [4.69, 9.17) is 4.74 Å². The second kappa shape index (κ2) is 11.8. The predicted molar refractivity (Wildman–Crippen MR) is 106 cm³/mol. The van der Waals surface area contributed by atoms with E-state index in [0.29, 0.717) is 13.0 Å². The Kier molecular flexibility index (Phi) is 12.0. The summed E-state index contributed by atoms with van der Waals surface area (Å²) in [5.74, 6) is -0.0264. The van der Waals surface area contributed by atoms with Crippen molar-refractivity contribution in [2.45, 2.75) is 79.1 Å². The Morgan fingerprint density at radius 3 is 1.59 bits per heavy atom. The maximum atomic E-state index is 11.7. The van der Waals surface area contributed by atoms with Gasteiger partial charge in [-0.1, -0.05) is 0 Å². The molecule has 0 amide bonds. The number of unbranched alkanes of at least 4 members (excludes halogenated alkanes) is 3. The Balaban J connectivity index is 4.86. The normalized spacial score (nSPS) is 13.6. The zero-order valence-corrected chi connectivity index (χ0v) is 17.8. The molecule has 0 radical (unpaired) electrons. The van der Waals surface area contributed by atoms with Gasteiger partial charge in [-0.3, -0.25) is 0 Å². The van der Waals surface area contributed by atoms with Gasteiger partial charge in [0.05, 0.1) is 0 Å². The van der Waals surface area contributed by atoms with Crippen LogP contribution in [-0.2, 0) is 9.53 Å². The Hall–Kier alpha value is 0.380. The summed E-state index contributed by atoms with van der Waals surface area (Å²) in [5.41, 5.74) is 0. The number of carbonyl (C=O) groups is 1. The summed E-state index contributed by atoms with van der Waals surface area (Å²) in [5, 5.41) is -1.83. The van der Waals surface area contributed by atoms with Crippen LogP contribution in [0.15, 0.2) is 0 Å². The first-order chi connectivity index (χ1) is 10.4. The van der Waals surface area contributed by atoms with Crippen LogP contribution in [0.5, 0.6) is 0 Å². The zero-order chi connectivity index (χ0) is 16.9. The third-order valence-corrected chi connectivity index (χ3v) is 14.6. The molecule has 0 aromatic rings. The van der Waals surface area contributed by atoms with Gasteiger partial charge in [0.15, 0.2) is 0 Å². The number of halogens is 1. The van der Waals surface area contributed by atoms with Crippen LogP contribution < -0.4 is 0 Å². The van der Waals surface area contributed by atoms with E-state index < -0.39 is 5.31 Å². The third-order valence-electron chi connectivity index (χ3n) is 4.61. The molecule has 0 saturated carbocycles. The van der Waals surface area contributed by atoms with Crippen molar-refractivity contribution in [1.82, 2.24) is 0 Å². The van der Waals surface area contributed by atoms with Crippen LogP contribution in [0, 0.1) is 0 Å². The first kappa shape index (κ1) is 22.4. The van der Waals surface area contributed by atoms with Gasteiger partial charge < -0.3 is 0 Å². The van der Waals surface area contributed by atoms with Crippen LogP contribution in [0.3, 0.4) is 0 Å². The summed E-state index contributed by atoms with van der Waals surface area (Å²) in [6.45, 7) is 9.23. The van der Waals surface area contributed by atoms with E-state index in [1.165, 1.54) is 63.2 Å². The molecule has 0 aliphatic rings. The Morgan fingerprint density at radius 1 is 0.818 bits per heavy atom. The molecule has 0 aliphatic carbocycles. The molecule has 0 bridgehead atoms. The molecular formula is C18H38BrO2P. The van der Waals surface area contributed by atoms with E-state index >= 15 is 0 Å². The fourth-order valence-corrected chi connectivity index (χ4v) is 11.8. The minimum absolute atomic E-state index is 0.0264. The summed E-state index contributed by atoms with van der Waals surface area (Å²) in [4.78, 5) is 11.7. The molecule has 0 spiro atoms. The molecule has 4 heteroatoms. The SMILES string of the molecule is CCCCP(Br)(CCCC)(CCCC)CCCC(=O)OCC. The molecule has 0 aromatic carbocycles. The topological polar surface area (TPSA) is 26.3 Å². The molecule has 0 rings (SSSR count). The van der Waals surface area contributed by atoms with E-state index in [0.717, 1.165) is 6.42 Å². The van der Waals surface area contributed by atoms with E-state index in [1.807, 2.05) is 6.92 Å². The average molecular weight is 397 g/mol. The zero-order valence-electron chi connectivity index (χ0n) is 15.3. The van der Waals surface area contributed by atoms with Crippen LogP contribution in [0.25, 0.3) is 0 Å². The summed E-state index contributed by atoms with van der Waals surface area (Å²) >= 11 is 4.36. The van der Waals surface area contributed by atoms with Crippen LogP contribution in [0.2, 0.25) is 0 Å². The molecule has 0 saturated heterocycles. The molecule has 0 atom stereocenters. The van der Waals surface area contributed by atoms with Crippen molar-refractivity contribution >= 4 is 26.8 Å². The molecule has 0 unspecified atom stereocenters. The van der Waals surface area contributed by atoms with Gasteiger partial charge in [-0.15, -0.1) is 0 Å². The first-order valence-electron chi connectivity index (χ1n) is 9.31. The monoisotopic (exact) mass is 396 g/mol. The van der Waals surface area contributed by atoms with Crippen molar-refractivity contribution in [2.24, 2.45) is 0 Å². The fourth-order valence-electron chi connectivity index (χ4n) is 3.18. The average Bonchev–Trinajstić information content (AvgIpc) is 2.50. The molecule has 0 N–H and O–H groups in total. The molecule has 0 heterocycles. The van der Waals surface area contributed by atoms with Gasteiger partial charge in [0.1, 0.15) is 0 Å². The van der Waals surface area contributed by atoms with Crippen molar-refractivity contribution in [3.8, 4) is 0 Å². The second-order valence-corrected chi connectivity index (χ2v) is 18.1. The van der Waals surface area contributed by atoms with E-state index in [9.17, 15) is 4.79 Å². The number of esters is 1. The van der Waals surface area contributed by atoms with Gasteiger partial charge in [0.2, 0.25) is 0 Å². The summed E-state index contributed by atoms with van der Waals surface area (Å²) < 4.78 is 5.09. The van der Waals surface area contributed by atoms with Gasteiger partial charge in [0, 0.05) is 0 Å². The van der Waals surface area contributed by atoms with Crippen molar-refractivity contribution in [1.29, 1.82) is 0 Å². The summed E-state index contributed by atoms with van der Waals surface area (Å²) in [6.07, 6.45) is 14.6. The predicted octanol–water partition coefficient (Wildman–Crippen LogP) is 6.59. The van der Waals surface area contributed by atoms with Crippen LogP contribution >= 0.6 is 20.8 Å². The fraction of sp³-hybridized carbons (Fsp3) is 0.944. The standard InChI is InChI=1S/C18H38BrO2P/c1-5-9-14-22(19,15-10-6-2,16-11-7-3)17-12-13-18(20)21-8-4/h5-17H2,1-4H3. The summed E-state index contributed by atoms with van der Waals surface area (Å²) in [6, 6.07) is 0.